The van der Waals surface area contributed by atoms with Gasteiger partial charge in [-0.2, -0.15) is 17.7 Å². The molecule has 30 heavy (non-hydrogen) atoms. The van der Waals surface area contributed by atoms with Gasteiger partial charge in [0.2, 0.25) is 0 Å². The third kappa shape index (κ3) is 3.11. The highest BCUT2D eigenvalue weighted by Crippen LogP contribution is 2.28. The number of benzene rings is 1. The molecule has 1 N–H and O–H groups in total. The van der Waals surface area contributed by atoms with Crippen molar-refractivity contribution in [2.24, 2.45) is 0 Å². The second-order valence-electron chi connectivity index (χ2n) is 7.03. The molecule has 0 radical (unpaired) electrons. The van der Waals surface area contributed by atoms with Crippen molar-refractivity contribution in [3.05, 3.63) is 54.0 Å². The molecule has 1 aromatic carbocycles. The summed E-state index contributed by atoms with van der Waals surface area (Å²) < 4.78 is 39.9. The number of carbonyl (C=O) groups is 1. The van der Waals surface area contributed by atoms with Crippen LogP contribution >= 0.6 is 0 Å². The zero-order valence-electron chi connectivity index (χ0n) is 15.6. The molecular weight excluding hydrogens is 399 g/mol. The van der Waals surface area contributed by atoms with Gasteiger partial charge in [0, 0.05) is 37.1 Å². The van der Waals surface area contributed by atoms with Gasteiger partial charge in [0.25, 0.3) is 11.7 Å². The third-order valence-electron chi connectivity index (χ3n) is 5.15. The average Bonchev–Trinajstić information content (AvgIpc) is 3.37. The van der Waals surface area contributed by atoms with Gasteiger partial charge >= 0.3 is 6.18 Å². The summed E-state index contributed by atoms with van der Waals surface area (Å²) in [6.45, 7) is 1.77. The highest BCUT2D eigenvalue weighted by molar-refractivity contribution is 5.98. The normalized spacial score (nSPS) is 15.3. The molecule has 0 saturated carbocycles. The van der Waals surface area contributed by atoms with E-state index in [-0.39, 0.29) is 11.6 Å². The maximum absolute atomic E-state index is 13.1. The summed E-state index contributed by atoms with van der Waals surface area (Å²) >= 11 is 0. The lowest BCUT2D eigenvalue weighted by molar-refractivity contribution is -0.146. The number of fused-ring (bicyclic) bond motifs is 2. The molecule has 4 heterocycles. The van der Waals surface area contributed by atoms with Crippen molar-refractivity contribution >= 4 is 28.3 Å². The monoisotopic (exact) mass is 415 g/mol. The fourth-order valence-electron chi connectivity index (χ4n) is 3.62. The summed E-state index contributed by atoms with van der Waals surface area (Å²) in [7, 11) is 0. The van der Waals surface area contributed by atoms with E-state index < -0.39 is 12.0 Å². The quantitative estimate of drug-likeness (QED) is 0.544. The van der Waals surface area contributed by atoms with Crippen LogP contribution in [0.1, 0.15) is 16.3 Å². The number of halogens is 3. The molecule has 3 aromatic heterocycles. The number of para-hydroxylation sites is 1. The number of anilines is 1. The van der Waals surface area contributed by atoms with Crippen LogP contribution in [0.5, 0.6) is 0 Å². The van der Waals surface area contributed by atoms with Gasteiger partial charge in [-0.15, -0.1) is 15.3 Å². The Labute approximate surface area is 167 Å². The lowest BCUT2D eigenvalue weighted by Crippen LogP contribution is -2.49. The van der Waals surface area contributed by atoms with E-state index >= 15 is 0 Å². The first kappa shape index (κ1) is 18.4. The van der Waals surface area contributed by atoms with Crippen molar-refractivity contribution in [1.82, 2.24) is 29.7 Å². The predicted octanol–water partition coefficient (Wildman–Crippen LogP) is 2.59. The largest absolute Gasteiger partial charge is 0.453 e. The number of H-pyrrole nitrogens is 1. The van der Waals surface area contributed by atoms with Gasteiger partial charge in [-0.3, -0.25) is 4.79 Å². The van der Waals surface area contributed by atoms with Crippen LogP contribution in [0.25, 0.3) is 16.6 Å². The standard InChI is InChI=1S/C19H16F3N7O/c20-19(21,22)18-25-24-15-5-6-16(26-29(15)18)27-7-9-28(10-8-27)17(30)14-11-12-3-1-2-4-13(12)23-14/h1-6,11,23H,7-10H2. The Morgan fingerprint density at radius 3 is 2.50 bits per heavy atom. The molecule has 1 fully saturated rings. The van der Waals surface area contributed by atoms with Crippen LogP contribution < -0.4 is 4.90 Å². The first-order valence-corrected chi connectivity index (χ1v) is 9.32. The Balaban J connectivity index is 1.32. The second-order valence-corrected chi connectivity index (χ2v) is 7.03. The van der Waals surface area contributed by atoms with E-state index in [0.29, 0.717) is 42.2 Å². The maximum atomic E-state index is 13.1. The van der Waals surface area contributed by atoms with E-state index in [1.165, 1.54) is 6.07 Å². The van der Waals surface area contributed by atoms with Crippen LogP contribution in [0.15, 0.2) is 42.5 Å². The Bertz CT molecular complexity index is 1200. The van der Waals surface area contributed by atoms with E-state index in [0.717, 1.165) is 10.9 Å². The van der Waals surface area contributed by atoms with E-state index in [2.05, 4.69) is 20.3 Å². The van der Waals surface area contributed by atoms with Crippen molar-refractivity contribution in [3.63, 3.8) is 0 Å². The van der Waals surface area contributed by atoms with Gasteiger partial charge in [-0.25, -0.2) is 0 Å². The van der Waals surface area contributed by atoms with Crippen LogP contribution in [0.2, 0.25) is 0 Å². The number of nitrogens with one attached hydrogen (secondary N) is 1. The Kier molecular flexibility index (Phi) is 4.12. The van der Waals surface area contributed by atoms with Gasteiger partial charge < -0.3 is 14.8 Å². The number of carbonyl (C=O) groups excluding carboxylic acids is 1. The van der Waals surface area contributed by atoms with Crippen molar-refractivity contribution in [3.8, 4) is 0 Å². The number of aromatic nitrogens is 5. The van der Waals surface area contributed by atoms with Crippen LogP contribution in [0, 0.1) is 0 Å². The van der Waals surface area contributed by atoms with Crippen molar-refractivity contribution in [2.75, 3.05) is 31.1 Å². The lowest BCUT2D eigenvalue weighted by Gasteiger charge is -2.35. The van der Waals surface area contributed by atoms with Crippen LogP contribution in [0.4, 0.5) is 19.0 Å². The molecule has 0 unspecified atom stereocenters. The molecule has 154 valence electrons. The number of aromatic amines is 1. The first-order valence-electron chi connectivity index (χ1n) is 9.32. The van der Waals surface area contributed by atoms with Crippen molar-refractivity contribution in [2.45, 2.75) is 6.18 Å². The smallest absolute Gasteiger partial charge is 0.352 e. The second kappa shape index (κ2) is 6.71. The minimum absolute atomic E-state index is 0.0266. The first-order chi connectivity index (χ1) is 14.4. The summed E-state index contributed by atoms with van der Waals surface area (Å²) in [4.78, 5) is 19.5. The fraction of sp³-hybridized carbons (Fsp3) is 0.263. The van der Waals surface area contributed by atoms with Crippen molar-refractivity contribution < 1.29 is 18.0 Å². The number of nitrogens with zero attached hydrogens (tertiary/aromatic N) is 6. The minimum atomic E-state index is -4.64. The Morgan fingerprint density at radius 1 is 1.00 bits per heavy atom. The number of rotatable bonds is 2. The van der Waals surface area contributed by atoms with E-state index in [1.54, 1.807) is 11.0 Å². The van der Waals surface area contributed by atoms with Crippen molar-refractivity contribution in [1.29, 1.82) is 0 Å². The van der Waals surface area contributed by atoms with E-state index in [9.17, 15) is 18.0 Å². The molecule has 8 nitrogen and oxygen atoms in total. The summed E-state index contributed by atoms with van der Waals surface area (Å²) in [5.41, 5.74) is 1.44. The summed E-state index contributed by atoms with van der Waals surface area (Å²) in [6, 6.07) is 12.5. The SMILES string of the molecule is O=C(c1cc2ccccc2[nH]1)N1CCN(c2ccc3nnc(C(F)(F)F)n3n2)CC1. The van der Waals surface area contributed by atoms with Gasteiger partial charge in [0.1, 0.15) is 11.5 Å². The molecule has 0 spiro atoms. The molecule has 4 aromatic rings. The van der Waals surface area contributed by atoms with Crippen LogP contribution in [-0.2, 0) is 6.18 Å². The number of amides is 1. The maximum Gasteiger partial charge on any atom is 0.453 e. The van der Waals surface area contributed by atoms with Crippen LogP contribution in [0.3, 0.4) is 0 Å². The highest BCUT2D eigenvalue weighted by Gasteiger charge is 2.38. The number of piperazine rings is 1. The number of alkyl halides is 3. The Hall–Kier alpha value is -3.63. The summed E-state index contributed by atoms with van der Waals surface area (Å²) in [5, 5.41) is 11.7. The summed E-state index contributed by atoms with van der Waals surface area (Å²) in [5.74, 6) is -0.884. The number of hydrogen-bond acceptors (Lipinski definition) is 5. The molecule has 0 atom stereocenters. The fourth-order valence-corrected chi connectivity index (χ4v) is 3.62. The third-order valence-corrected chi connectivity index (χ3v) is 5.15. The average molecular weight is 415 g/mol. The summed E-state index contributed by atoms with van der Waals surface area (Å²) in [6.07, 6.45) is -4.64. The highest BCUT2D eigenvalue weighted by atomic mass is 19.4. The number of hydrogen-bond donors (Lipinski definition) is 1. The molecule has 11 heteroatoms. The van der Waals surface area contributed by atoms with Gasteiger partial charge in [-0.1, -0.05) is 18.2 Å². The van der Waals surface area contributed by atoms with Gasteiger partial charge in [-0.05, 0) is 24.3 Å². The molecule has 1 aliphatic heterocycles. The van der Waals surface area contributed by atoms with Gasteiger partial charge in [0.05, 0.1) is 0 Å². The van der Waals surface area contributed by atoms with E-state index in [1.807, 2.05) is 35.2 Å². The predicted molar refractivity (Wildman–Crippen MR) is 102 cm³/mol. The van der Waals surface area contributed by atoms with Crippen LogP contribution in [-0.4, -0.2) is 61.8 Å². The molecule has 5 rings (SSSR count). The van der Waals surface area contributed by atoms with Gasteiger partial charge in [0.15, 0.2) is 5.65 Å². The zero-order chi connectivity index (χ0) is 20.9. The zero-order valence-corrected chi connectivity index (χ0v) is 15.6. The van der Waals surface area contributed by atoms with E-state index in [4.69, 9.17) is 0 Å². The Morgan fingerprint density at radius 2 is 1.77 bits per heavy atom. The molecule has 1 amide bonds. The topological polar surface area (TPSA) is 82.4 Å². The molecule has 1 saturated heterocycles. The molecule has 1 aliphatic rings. The minimum Gasteiger partial charge on any atom is -0.352 e. The molecule has 0 aliphatic carbocycles. The lowest BCUT2D eigenvalue weighted by atomic mass is 10.2. The molecule has 0 bridgehead atoms. The molecular formula is C19H16F3N7O.